The highest BCUT2D eigenvalue weighted by atomic mass is 35.5. The Labute approximate surface area is 126 Å². The second-order valence-electron chi connectivity index (χ2n) is 4.21. The lowest BCUT2D eigenvalue weighted by Crippen LogP contribution is -1.92. The fraction of sp³-hybridized carbons (Fsp3) is 0.0625. The molecule has 20 heavy (non-hydrogen) atoms. The van der Waals surface area contributed by atoms with Gasteiger partial charge in [0.15, 0.2) is 0 Å². The second-order valence-corrected chi connectivity index (χ2v) is 4.90. The summed E-state index contributed by atoms with van der Waals surface area (Å²) in [5, 5.41) is -0.968. The van der Waals surface area contributed by atoms with Crippen LogP contribution in [0.4, 0.5) is 0 Å². The molecule has 100 valence electrons. The molecule has 0 fully saturated rings. The van der Waals surface area contributed by atoms with Crippen molar-refractivity contribution < 1.29 is 9.59 Å². The first-order valence-electron chi connectivity index (χ1n) is 5.89. The minimum atomic E-state index is -0.495. The van der Waals surface area contributed by atoms with Crippen LogP contribution in [0.15, 0.2) is 65.4 Å². The van der Waals surface area contributed by atoms with Gasteiger partial charge in [0, 0.05) is 17.6 Å². The Morgan fingerprint density at radius 3 is 2.30 bits per heavy atom. The minimum Gasteiger partial charge on any atom is -0.276 e. The van der Waals surface area contributed by atoms with Crippen LogP contribution in [0.2, 0.25) is 0 Å². The van der Waals surface area contributed by atoms with Crippen LogP contribution in [-0.4, -0.2) is 10.5 Å². The van der Waals surface area contributed by atoms with Crippen LogP contribution in [0.1, 0.15) is 15.9 Å². The Hall–Kier alpha value is -1.86. The number of rotatable bonds is 4. The summed E-state index contributed by atoms with van der Waals surface area (Å²) in [5.74, 6) is 0. The molecule has 0 unspecified atom stereocenters. The highest BCUT2D eigenvalue weighted by Gasteiger charge is 2.05. The van der Waals surface area contributed by atoms with E-state index in [4.69, 9.17) is 23.2 Å². The van der Waals surface area contributed by atoms with Crippen LogP contribution in [0.3, 0.4) is 0 Å². The van der Waals surface area contributed by atoms with Gasteiger partial charge in [-0.25, -0.2) is 0 Å². The van der Waals surface area contributed by atoms with Gasteiger partial charge in [-0.05, 0) is 64.7 Å². The molecule has 4 heteroatoms. The minimum absolute atomic E-state index is 0.428. The van der Waals surface area contributed by atoms with Crippen LogP contribution in [0, 0.1) is 0 Å². The molecule has 2 nitrogen and oxygen atoms in total. The topological polar surface area (TPSA) is 34.1 Å². The molecular weight excluding hydrogens is 295 g/mol. The lowest BCUT2D eigenvalue weighted by Gasteiger charge is -2.01. The molecule has 0 aliphatic heterocycles. The van der Waals surface area contributed by atoms with E-state index >= 15 is 0 Å². The molecule has 0 saturated heterocycles. The normalized spacial score (nSPS) is 13.5. The van der Waals surface area contributed by atoms with E-state index in [9.17, 15) is 9.59 Å². The molecule has 1 aromatic carbocycles. The monoisotopic (exact) mass is 304 g/mol. The van der Waals surface area contributed by atoms with Crippen molar-refractivity contribution >= 4 is 33.7 Å². The molecule has 0 amide bonds. The maximum Gasteiger partial charge on any atom is 0.252 e. The van der Waals surface area contributed by atoms with Crippen molar-refractivity contribution in [2.24, 2.45) is 0 Å². The highest BCUT2D eigenvalue weighted by molar-refractivity contribution is 6.68. The van der Waals surface area contributed by atoms with Gasteiger partial charge in [0.25, 0.3) is 10.5 Å². The van der Waals surface area contributed by atoms with E-state index in [0.717, 1.165) is 11.1 Å². The lowest BCUT2D eigenvalue weighted by atomic mass is 10.0. The summed E-state index contributed by atoms with van der Waals surface area (Å²) in [6, 6.07) is 7.04. The van der Waals surface area contributed by atoms with Gasteiger partial charge in [0.2, 0.25) is 0 Å². The maximum atomic E-state index is 11.1. The Morgan fingerprint density at radius 1 is 1.00 bits per heavy atom. The Kier molecular flexibility index (Phi) is 4.75. The first-order chi connectivity index (χ1) is 9.56. The van der Waals surface area contributed by atoms with E-state index in [0.29, 0.717) is 17.6 Å². The van der Waals surface area contributed by atoms with Gasteiger partial charge in [-0.15, -0.1) is 5.73 Å². The average molecular weight is 305 g/mol. The van der Waals surface area contributed by atoms with Gasteiger partial charge in [-0.1, -0.05) is 18.2 Å². The molecule has 1 aliphatic rings. The first-order valence-corrected chi connectivity index (χ1v) is 6.64. The van der Waals surface area contributed by atoms with Crippen LogP contribution in [0.25, 0.3) is 0 Å². The second kappa shape index (κ2) is 6.53. The third kappa shape index (κ3) is 3.82. The van der Waals surface area contributed by atoms with Gasteiger partial charge >= 0.3 is 0 Å². The molecule has 1 aliphatic carbocycles. The van der Waals surface area contributed by atoms with E-state index in [1.165, 1.54) is 0 Å². The first kappa shape index (κ1) is 14.5. The smallest absolute Gasteiger partial charge is 0.252 e. The zero-order chi connectivity index (χ0) is 14.5. The predicted octanol–water partition coefficient (Wildman–Crippen LogP) is 3.95. The number of hydrogen-bond donors (Lipinski definition) is 0. The fourth-order valence-corrected chi connectivity index (χ4v) is 2.00. The van der Waals surface area contributed by atoms with E-state index in [1.54, 1.807) is 36.4 Å². The molecule has 0 spiro atoms. The number of halogens is 2. The largest absolute Gasteiger partial charge is 0.276 e. The molecule has 0 atom stereocenters. The Bertz CT molecular complexity index is 673. The van der Waals surface area contributed by atoms with Crippen molar-refractivity contribution in [2.75, 3.05) is 0 Å². The predicted molar refractivity (Wildman–Crippen MR) is 80.0 cm³/mol. The summed E-state index contributed by atoms with van der Waals surface area (Å²) >= 11 is 10.8. The number of carbonyl (C=O) groups excluding carboxylic acids is 2. The number of allylic oxidation sites excluding steroid dienone is 5. The van der Waals surface area contributed by atoms with Crippen molar-refractivity contribution in [3.63, 3.8) is 0 Å². The summed E-state index contributed by atoms with van der Waals surface area (Å²) in [6.07, 6.45) is 7.39. The van der Waals surface area contributed by atoms with Crippen LogP contribution >= 0.6 is 23.2 Å². The highest BCUT2D eigenvalue weighted by Crippen LogP contribution is 2.15. The van der Waals surface area contributed by atoms with Gasteiger partial charge in [-0.2, -0.15) is 0 Å². The van der Waals surface area contributed by atoms with Crippen molar-refractivity contribution in [2.45, 2.75) is 6.42 Å². The summed E-state index contributed by atoms with van der Waals surface area (Å²) in [4.78, 5) is 22.0. The van der Waals surface area contributed by atoms with Crippen LogP contribution in [0.5, 0.6) is 0 Å². The van der Waals surface area contributed by atoms with Gasteiger partial charge in [-0.3, -0.25) is 9.59 Å². The maximum absolute atomic E-state index is 11.1. The molecule has 0 bridgehead atoms. The number of carbonyl (C=O) groups is 2. The molecule has 0 aromatic heterocycles. The van der Waals surface area contributed by atoms with Crippen molar-refractivity contribution in [3.05, 3.63) is 76.6 Å². The van der Waals surface area contributed by atoms with Crippen molar-refractivity contribution in [1.29, 1.82) is 0 Å². The third-order valence-corrected chi connectivity index (χ3v) is 3.23. The molecule has 1 aromatic rings. The summed E-state index contributed by atoms with van der Waals surface area (Å²) < 4.78 is 0. The van der Waals surface area contributed by atoms with Gasteiger partial charge in [0.1, 0.15) is 0 Å². The Morgan fingerprint density at radius 2 is 1.70 bits per heavy atom. The standard InChI is InChI=1S/C16H10Cl2O2/c17-15(19)13-3-1-2-11(4-7-13)10-12-5-8-14(9-6-12)16(18)20/h1,3-9H,10H2. The molecular formula is C16H10Cl2O2. The SMILES string of the molecule is O=C(Cl)C1=CC=C=C(Cc2ccc(C(=O)Cl)cc2)C=C1. The summed E-state index contributed by atoms with van der Waals surface area (Å²) in [7, 11) is 0. The third-order valence-electron chi connectivity index (χ3n) is 2.80. The molecule has 0 heterocycles. The van der Waals surface area contributed by atoms with E-state index in [1.807, 2.05) is 12.1 Å². The molecule has 0 saturated carbocycles. The lowest BCUT2D eigenvalue weighted by molar-refractivity contribution is -0.108. The Balaban J connectivity index is 2.12. The van der Waals surface area contributed by atoms with Crippen LogP contribution < -0.4 is 0 Å². The average Bonchev–Trinajstić information content (AvgIpc) is 2.65. The zero-order valence-electron chi connectivity index (χ0n) is 10.4. The van der Waals surface area contributed by atoms with Crippen LogP contribution in [-0.2, 0) is 11.2 Å². The van der Waals surface area contributed by atoms with E-state index in [2.05, 4.69) is 5.73 Å². The molecule has 0 radical (unpaired) electrons. The number of hydrogen-bond acceptors (Lipinski definition) is 2. The number of benzene rings is 1. The van der Waals surface area contributed by atoms with E-state index < -0.39 is 10.5 Å². The van der Waals surface area contributed by atoms with E-state index in [-0.39, 0.29) is 0 Å². The summed E-state index contributed by atoms with van der Waals surface area (Å²) in [5.41, 5.74) is 5.91. The van der Waals surface area contributed by atoms with Crippen molar-refractivity contribution in [1.82, 2.24) is 0 Å². The molecule has 2 rings (SSSR count). The van der Waals surface area contributed by atoms with Gasteiger partial charge in [0.05, 0.1) is 0 Å². The van der Waals surface area contributed by atoms with Crippen molar-refractivity contribution in [3.8, 4) is 0 Å². The molecule has 0 N–H and O–H groups in total. The quantitative estimate of drug-likeness (QED) is 0.623. The fourth-order valence-electron chi connectivity index (χ4n) is 1.75. The van der Waals surface area contributed by atoms with Gasteiger partial charge < -0.3 is 0 Å². The summed E-state index contributed by atoms with van der Waals surface area (Å²) in [6.45, 7) is 0. The zero-order valence-corrected chi connectivity index (χ0v) is 11.9.